The average molecular weight is 281 g/mol. The molecule has 0 atom stereocenters. The molecule has 21 heavy (non-hydrogen) atoms. The summed E-state index contributed by atoms with van der Waals surface area (Å²) in [5.41, 5.74) is 0.923. The Bertz CT molecular complexity index is 768. The summed E-state index contributed by atoms with van der Waals surface area (Å²) < 4.78 is 15.8. The van der Waals surface area contributed by atoms with Crippen LogP contribution in [0.3, 0.4) is 0 Å². The zero-order valence-corrected chi connectivity index (χ0v) is 11.2. The highest BCUT2D eigenvalue weighted by atomic mass is 16.5. The first kappa shape index (κ1) is 12.8. The predicted octanol–water partition coefficient (Wildman–Crippen LogP) is 3.56. The molecule has 0 saturated heterocycles. The van der Waals surface area contributed by atoms with Gasteiger partial charge in [-0.25, -0.2) is 0 Å². The van der Waals surface area contributed by atoms with E-state index in [1.165, 1.54) is 6.26 Å². The van der Waals surface area contributed by atoms with Gasteiger partial charge >= 0.3 is 0 Å². The number of oxazole rings is 1. The maximum absolute atomic E-state index is 9.13. The van der Waals surface area contributed by atoms with Crippen LogP contribution in [0.25, 0.3) is 11.7 Å². The Morgan fingerprint density at radius 2 is 2.05 bits per heavy atom. The van der Waals surface area contributed by atoms with E-state index in [2.05, 4.69) is 10.3 Å². The highest BCUT2D eigenvalue weighted by Crippen LogP contribution is 2.28. The third kappa shape index (κ3) is 2.58. The minimum Gasteiger partial charge on any atom is -0.497 e. The summed E-state index contributed by atoms with van der Waals surface area (Å²) in [6, 6.07) is 12.7. The van der Waals surface area contributed by atoms with Crippen molar-refractivity contribution in [3.05, 3.63) is 48.4 Å². The number of rotatable bonds is 4. The quantitative estimate of drug-likeness (QED) is 0.787. The first-order valence-electron chi connectivity index (χ1n) is 6.16. The Balaban J connectivity index is 1.89. The number of nitrogens with zero attached hydrogens (tertiary/aromatic N) is 2. The molecule has 0 fully saturated rings. The van der Waals surface area contributed by atoms with Crippen molar-refractivity contribution in [2.24, 2.45) is 0 Å². The molecule has 0 aliphatic carbocycles. The summed E-state index contributed by atoms with van der Waals surface area (Å²) in [6.07, 6.45) is 1.52. The van der Waals surface area contributed by atoms with Gasteiger partial charge in [0.1, 0.15) is 11.8 Å². The number of nitriles is 1. The second-order valence-corrected chi connectivity index (χ2v) is 4.14. The molecule has 3 aromatic rings. The second kappa shape index (κ2) is 5.43. The van der Waals surface area contributed by atoms with Crippen LogP contribution in [0.2, 0.25) is 0 Å². The fourth-order valence-electron chi connectivity index (χ4n) is 1.79. The molecule has 0 radical (unpaired) electrons. The van der Waals surface area contributed by atoms with Crippen molar-refractivity contribution in [2.45, 2.75) is 0 Å². The van der Waals surface area contributed by atoms with Crippen LogP contribution in [0.1, 0.15) is 5.69 Å². The molecule has 0 amide bonds. The van der Waals surface area contributed by atoms with Gasteiger partial charge in [-0.15, -0.1) is 0 Å². The first-order valence-corrected chi connectivity index (χ1v) is 6.16. The minimum atomic E-state index is 0.164. The van der Waals surface area contributed by atoms with Crippen LogP contribution in [0.4, 0.5) is 11.6 Å². The summed E-state index contributed by atoms with van der Waals surface area (Å²) in [4.78, 5) is 4.09. The Kier molecular flexibility index (Phi) is 3.31. The molecule has 104 valence electrons. The fourth-order valence-corrected chi connectivity index (χ4v) is 1.79. The molecule has 0 spiro atoms. The lowest BCUT2D eigenvalue weighted by Crippen LogP contribution is -1.91. The number of anilines is 2. The van der Waals surface area contributed by atoms with Crippen molar-refractivity contribution in [1.29, 1.82) is 5.26 Å². The maximum Gasteiger partial charge on any atom is 0.266 e. The molecule has 6 heteroatoms. The highest BCUT2D eigenvalue weighted by Gasteiger charge is 2.16. The Labute approximate surface area is 120 Å². The van der Waals surface area contributed by atoms with Gasteiger partial charge in [0.25, 0.3) is 5.89 Å². The molecule has 0 aliphatic rings. The van der Waals surface area contributed by atoms with E-state index < -0.39 is 0 Å². The van der Waals surface area contributed by atoms with E-state index in [-0.39, 0.29) is 17.5 Å². The zero-order valence-electron chi connectivity index (χ0n) is 11.2. The van der Waals surface area contributed by atoms with E-state index in [0.717, 1.165) is 11.4 Å². The molecule has 0 bridgehead atoms. The minimum absolute atomic E-state index is 0.164. The van der Waals surface area contributed by atoms with Gasteiger partial charge in [0.2, 0.25) is 11.6 Å². The van der Waals surface area contributed by atoms with Gasteiger partial charge in [0.15, 0.2) is 5.76 Å². The molecule has 0 aliphatic heterocycles. The van der Waals surface area contributed by atoms with Crippen molar-refractivity contribution in [1.82, 2.24) is 4.98 Å². The smallest absolute Gasteiger partial charge is 0.266 e. The highest BCUT2D eigenvalue weighted by molar-refractivity contribution is 5.62. The summed E-state index contributed by atoms with van der Waals surface area (Å²) in [6.45, 7) is 0. The van der Waals surface area contributed by atoms with E-state index >= 15 is 0 Å². The Hall–Kier alpha value is -3.20. The Morgan fingerprint density at radius 1 is 1.24 bits per heavy atom. The largest absolute Gasteiger partial charge is 0.497 e. The van der Waals surface area contributed by atoms with Crippen molar-refractivity contribution >= 4 is 11.6 Å². The van der Waals surface area contributed by atoms with Gasteiger partial charge in [-0.1, -0.05) is 0 Å². The van der Waals surface area contributed by atoms with Crippen molar-refractivity contribution in [2.75, 3.05) is 12.4 Å². The van der Waals surface area contributed by atoms with E-state index in [0.29, 0.717) is 5.76 Å². The number of hydrogen-bond acceptors (Lipinski definition) is 6. The zero-order chi connectivity index (χ0) is 14.7. The topological polar surface area (TPSA) is 84.2 Å². The SMILES string of the molecule is COc1ccc(Nc2oc(-c3ccco3)nc2C#N)cc1. The molecule has 2 aromatic heterocycles. The molecular formula is C15H11N3O3. The van der Waals surface area contributed by atoms with Gasteiger partial charge in [-0.2, -0.15) is 10.2 Å². The van der Waals surface area contributed by atoms with E-state index in [4.69, 9.17) is 18.8 Å². The summed E-state index contributed by atoms with van der Waals surface area (Å²) in [5.74, 6) is 1.74. The lowest BCUT2D eigenvalue weighted by atomic mass is 10.3. The number of aromatic nitrogens is 1. The number of hydrogen-bond donors (Lipinski definition) is 1. The van der Waals surface area contributed by atoms with Crippen molar-refractivity contribution in [3.8, 4) is 23.5 Å². The Morgan fingerprint density at radius 3 is 2.67 bits per heavy atom. The molecular weight excluding hydrogens is 270 g/mol. The van der Waals surface area contributed by atoms with Crippen LogP contribution in [0.5, 0.6) is 5.75 Å². The third-order valence-corrected chi connectivity index (χ3v) is 2.81. The lowest BCUT2D eigenvalue weighted by Gasteiger charge is -2.04. The molecule has 0 unspecified atom stereocenters. The van der Waals surface area contributed by atoms with Crippen molar-refractivity contribution in [3.63, 3.8) is 0 Å². The number of methoxy groups -OCH3 is 1. The monoisotopic (exact) mass is 281 g/mol. The van der Waals surface area contributed by atoms with Crippen molar-refractivity contribution < 1.29 is 13.6 Å². The van der Waals surface area contributed by atoms with E-state index in [1.807, 2.05) is 18.2 Å². The number of nitrogens with one attached hydrogen (secondary N) is 1. The maximum atomic E-state index is 9.13. The van der Waals surface area contributed by atoms with Gasteiger partial charge in [0.05, 0.1) is 13.4 Å². The van der Waals surface area contributed by atoms with Crippen LogP contribution in [-0.4, -0.2) is 12.1 Å². The second-order valence-electron chi connectivity index (χ2n) is 4.14. The molecule has 1 N–H and O–H groups in total. The van der Waals surface area contributed by atoms with Gasteiger partial charge < -0.3 is 18.9 Å². The molecule has 6 nitrogen and oxygen atoms in total. The normalized spacial score (nSPS) is 10.1. The van der Waals surface area contributed by atoms with Crippen LogP contribution < -0.4 is 10.1 Å². The first-order chi connectivity index (χ1) is 10.3. The standard InChI is InChI=1S/C15H11N3O3/c1-19-11-6-4-10(5-7-11)17-14-12(9-16)18-15(21-14)13-3-2-8-20-13/h2-8,17H,1H3. The van der Waals surface area contributed by atoms with E-state index in [9.17, 15) is 0 Å². The lowest BCUT2D eigenvalue weighted by molar-refractivity contribution is 0.415. The van der Waals surface area contributed by atoms with Crippen LogP contribution >= 0.6 is 0 Å². The van der Waals surface area contributed by atoms with Crippen LogP contribution in [0.15, 0.2) is 51.5 Å². The predicted molar refractivity (Wildman–Crippen MR) is 75.2 cm³/mol. The molecule has 1 aromatic carbocycles. The number of ether oxygens (including phenoxy) is 1. The summed E-state index contributed by atoms with van der Waals surface area (Å²) >= 11 is 0. The molecule has 0 saturated carbocycles. The van der Waals surface area contributed by atoms with Gasteiger partial charge in [0, 0.05) is 5.69 Å². The summed E-state index contributed by atoms with van der Waals surface area (Å²) in [7, 11) is 1.60. The van der Waals surface area contributed by atoms with Gasteiger partial charge in [-0.3, -0.25) is 0 Å². The van der Waals surface area contributed by atoms with Crippen LogP contribution in [-0.2, 0) is 0 Å². The molecule has 2 heterocycles. The van der Waals surface area contributed by atoms with Gasteiger partial charge in [-0.05, 0) is 36.4 Å². The summed E-state index contributed by atoms with van der Waals surface area (Å²) in [5, 5.41) is 12.1. The van der Waals surface area contributed by atoms with E-state index in [1.54, 1.807) is 31.4 Å². The average Bonchev–Trinajstić information content (AvgIpc) is 3.17. The number of furan rings is 1. The fraction of sp³-hybridized carbons (Fsp3) is 0.0667. The van der Waals surface area contributed by atoms with Crippen LogP contribution in [0, 0.1) is 11.3 Å². The number of benzene rings is 1. The third-order valence-electron chi connectivity index (χ3n) is 2.81. The molecule has 3 rings (SSSR count).